The molecule has 94 valence electrons. The molecule has 1 heterocycles. The molecule has 2 aliphatic carbocycles. The van der Waals surface area contributed by atoms with Gasteiger partial charge in [0.05, 0.1) is 12.1 Å². The van der Waals surface area contributed by atoms with E-state index in [1.165, 1.54) is 44.3 Å². The Morgan fingerprint density at radius 2 is 2.00 bits per heavy atom. The normalized spacial score (nSPS) is 24.5. The Hall–Kier alpha value is -0.830. The molecule has 0 saturated heterocycles. The van der Waals surface area contributed by atoms with Gasteiger partial charge < -0.3 is 9.67 Å². The number of rotatable bonds is 3. The van der Waals surface area contributed by atoms with Gasteiger partial charge in [0.25, 0.3) is 0 Å². The summed E-state index contributed by atoms with van der Waals surface area (Å²) in [5, 5.41) is 10.6. The highest BCUT2D eigenvalue weighted by Crippen LogP contribution is 2.36. The van der Waals surface area contributed by atoms with Gasteiger partial charge in [-0.1, -0.05) is 25.7 Å². The standard InChI is InChI=1S/C14H22N2O/c17-14(7-2-1-3-8-14)11-16-10-9-15-13(16)12-5-4-6-12/h9-10,12,17H,1-8,11H2. The number of nitrogens with zero attached hydrogens (tertiary/aromatic N) is 2. The van der Waals surface area contributed by atoms with Crippen molar-refractivity contribution in [3.8, 4) is 0 Å². The zero-order valence-electron chi connectivity index (χ0n) is 10.4. The van der Waals surface area contributed by atoms with Crippen molar-refractivity contribution >= 4 is 0 Å². The van der Waals surface area contributed by atoms with Gasteiger partial charge in [-0.15, -0.1) is 0 Å². The first kappa shape index (κ1) is 11.3. The molecule has 0 bridgehead atoms. The molecule has 1 N–H and O–H groups in total. The number of aliphatic hydroxyl groups is 1. The van der Waals surface area contributed by atoms with Crippen molar-refractivity contribution in [1.82, 2.24) is 9.55 Å². The molecule has 0 atom stereocenters. The summed E-state index contributed by atoms with van der Waals surface area (Å²) in [7, 11) is 0. The molecule has 0 radical (unpaired) electrons. The average molecular weight is 234 g/mol. The molecule has 3 rings (SSSR count). The summed E-state index contributed by atoms with van der Waals surface area (Å²) in [5.74, 6) is 1.85. The molecule has 1 aromatic rings. The fourth-order valence-corrected chi connectivity index (χ4v) is 3.17. The molecular formula is C14H22N2O. The third-order valence-electron chi connectivity index (χ3n) is 4.47. The van der Waals surface area contributed by atoms with Crippen molar-refractivity contribution in [2.45, 2.75) is 69.4 Å². The van der Waals surface area contributed by atoms with Crippen molar-refractivity contribution in [3.05, 3.63) is 18.2 Å². The number of aromatic nitrogens is 2. The van der Waals surface area contributed by atoms with E-state index in [-0.39, 0.29) is 0 Å². The van der Waals surface area contributed by atoms with Crippen LogP contribution in [0.15, 0.2) is 12.4 Å². The van der Waals surface area contributed by atoms with Crippen LogP contribution in [0.4, 0.5) is 0 Å². The predicted octanol–water partition coefficient (Wildman–Crippen LogP) is 2.85. The van der Waals surface area contributed by atoms with Crippen molar-refractivity contribution in [3.63, 3.8) is 0 Å². The topological polar surface area (TPSA) is 38.0 Å². The summed E-state index contributed by atoms with van der Waals surface area (Å²) in [4.78, 5) is 4.49. The van der Waals surface area contributed by atoms with Crippen LogP contribution in [0.5, 0.6) is 0 Å². The third kappa shape index (κ3) is 2.25. The van der Waals surface area contributed by atoms with Crippen LogP contribution in [-0.4, -0.2) is 20.3 Å². The fraction of sp³-hybridized carbons (Fsp3) is 0.786. The molecule has 17 heavy (non-hydrogen) atoms. The Bertz CT molecular complexity index is 375. The lowest BCUT2D eigenvalue weighted by Gasteiger charge is -2.34. The molecule has 3 nitrogen and oxygen atoms in total. The zero-order valence-corrected chi connectivity index (χ0v) is 10.4. The van der Waals surface area contributed by atoms with Crippen molar-refractivity contribution in [2.24, 2.45) is 0 Å². The number of hydrogen-bond donors (Lipinski definition) is 1. The molecule has 0 spiro atoms. The minimum Gasteiger partial charge on any atom is -0.388 e. The highest BCUT2D eigenvalue weighted by Gasteiger charge is 2.32. The lowest BCUT2D eigenvalue weighted by atomic mass is 9.83. The lowest BCUT2D eigenvalue weighted by molar-refractivity contribution is -0.0125. The van der Waals surface area contributed by atoms with Gasteiger partial charge in [0.1, 0.15) is 5.82 Å². The SMILES string of the molecule is OC1(Cn2ccnc2C2CCC2)CCCCC1. The molecule has 3 heteroatoms. The van der Waals surface area contributed by atoms with E-state index >= 15 is 0 Å². The Morgan fingerprint density at radius 3 is 2.65 bits per heavy atom. The van der Waals surface area contributed by atoms with Crippen LogP contribution < -0.4 is 0 Å². The van der Waals surface area contributed by atoms with Crippen LogP contribution in [0.1, 0.15) is 63.1 Å². The van der Waals surface area contributed by atoms with E-state index in [4.69, 9.17) is 0 Å². The van der Waals surface area contributed by atoms with E-state index < -0.39 is 5.60 Å². The van der Waals surface area contributed by atoms with Gasteiger partial charge in [-0.3, -0.25) is 0 Å². The van der Waals surface area contributed by atoms with Gasteiger partial charge in [-0.05, 0) is 25.7 Å². The van der Waals surface area contributed by atoms with Crippen molar-refractivity contribution < 1.29 is 5.11 Å². The van der Waals surface area contributed by atoms with Gasteiger partial charge in [-0.25, -0.2) is 4.98 Å². The minimum absolute atomic E-state index is 0.475. The summed E-state index contributed by atoms with van der Waals surface area (Å²) < 4.78 is 2.20. The van der Waals surface area contributed by atoms with Crippen molar-refractivity contribution in [1.29, 1.82) is 0 Å². The van der Waals surface area contributed by atoms with Gasteiger partial charge in [-0.2, -0.15) is 0 Å². The van der Waals surface area contributed by atoms with E-state index in [9.17, 15) is 5.11 Å². The maximum atomic E-state index is 10.6. The molecule has 0 amide bonds. The first-order valence-electron chi connectivity index (χ1n) is 7.00. The van der Waals surface area contributed by atoms with Gasteiger partial charge in [0, 0.05) is 18.3 Å². The summed E-state index contributed by atoms with van der Waals surface area (Å²) in [6.07, 6.45) is 13.3. The summed E-state index contributed by atoms with van der Waals surface area (Å²) >= 11 is 0. The second-order valence-corrected chi connectivity index (χ2v) is 5.83. The van der Waals surface area contributed by atoms with E-state index in [0.717, 1.165) is 19.4 Å². The largest absolute Gasteiger partial charge is 0.388 e. The molecular weight excluding hydrogens is 212 g/mol. The predicted molar refractivity (Wildman–Crippen MR) is 66.9 cm³/mol. The molecule has 1 aromatic heterocycles. The Kier molecular flexibility index (Phi) is 2.95. The Labute approximate surface area is 103 Å². The van der Waals surface area contributed by atoms with E-state index in [1.807, 2.05) is 12.4 Å². The highest BCUT2D eigenvalue weighted by atomic mass is 16.3. The third-order valence-corrected chi connectivity index (χ3v) is 4.47. The summed E-state index contributed by atoms with van der Waals surface area (Å²) in [6.45, 7) is 0.749. The Morgan fingerprint density at radius 1 is 1.24 bits per heavy atom. The van der Waals surface area contributed by atoms with E-state index in [2.05, 4.69) is 9.55 Å². The van der Waals surface area contributed by atoms with Crippen LogP contribution in [0.25, 0.3) is 0 Å². The van der Waals surface area contributed by atoms with Crippen LogP contribution in [0.2, 0.25) is 0 Å². The van der Waals surface area contributed by atoms with E-state index in [0.29, 0.717) is 5.92 Å². The van der Waals surface area contributed by atoms with Gasteiger partial charge in [0.2, 0.25) is 0 Å². The highest BCUT2D eigenvalue weighted by molar-refractivity contribution is 5.05. The maximum absolute atomic E-state index is 10.6. The smallest absolute Gasteiger partial charge is 0.111 e. The van der Waals surface area contributed by atoms with Crippen LogP contribution in [0.3, 0.4) is 0 Å². The first-order chi connectivity index (χ1) is 8.27. The minimum atomic E-state index is -0.475. The van der Waals surface area contributed by atoms with Crippen LogP contribution in [0, 0.1) is 0 Å². The van der Waals surface area contributed by atoms with Gasteiger partial charge in [0.15, 0.2) is 0 Å². The first-order valence-corrected chi connectivity index (χ1v) is 7.00. The Balaban J connectivity index is 1.73. The monoisotopic (exact) mass is 234 g/mol. The number of imidazole rings is 1. The van der Waals surface area contributed by atoms with Crippen molar-refractivity contribution in [2.75, 3.05) is 0 Å². The van der Waals surface area contributed by atoms with Crippen LogP contribution >= 0.6 is 0 Å². The summed E-state index contributed by atoms with van der Waals surface area (Å²) in [6, 6.07) is 0. The fourth-order valence-electron chi connectivity index (χ4n) is 3.17. The second kappa shape index (κ2) is 4.45. The van der Waals surface area contributed by atoms with Gasteiger partial charge >= 0.3 is 0 Å². The molecule has 0 aromatic carbocycles. The molecule has 0 aliphatic heterocycles. The molecule has 0 unspecified atom stereocenters. The molecule has 2 fully saturated rings. The lowest BCUT2D eigenvalue weighted by Crippen LogP contribution is -2.37. The maximum Gasteiger partial charge on any atom is 0.111 e. The molecule has 2 aliphatic rings. The molecule has 2 saturated carbocycles. The number of hydrogen-bond acceptors (Lipinski definition) is 2. The van der Waals surface area contributed by atoms with E-state index in [1.54, 1.807) is 0 Å². The summed E-state index contributed by atoms with van der Waals surface area (Å²) in [5.41, 5.74) is -0.475. The second-order valence-electron chi connectivity index (χ2n) is 5.83. The zero-order chi connectivity index (χ0) is 11.7. The van der Waals surface area contributed by atoms with Crippen LogP contribution in [-0.2, 0) is 6.54 Å². The quantitative estimate of drug-likeness (QED) is 0.873. The average Bonchev–Trinajstić information content (AvgIpc) is 2.64.